The molecule has 84 valence electrons. The summed E-state index contributed by atoms with van der Waals surface area (Å²) < 4.78 is 4.92. The molecule has 0 aliphatic carbocycles. The highest BCUT2D eigenvalue weighted by Gasteiger charge is 2.20. The number of rotatable bonds is 3. The van der Waals surface area contributed by atoms with E-state index in [0.29, 0.717) is 4.20 Å². The molecule has 0 saturated carbocycles. The summed E-state index contributed by atoms with van der Waals surface area (Å²) in [6, 6.07) is 8.32. The quantitative estimate of drug-likeness (QED) is 0.469. The van der Waals surface area contributed by atoms with Crippen LogP contribution in [0.2, 0.25) is 0 Å². The Hall–Kier alpha value is -1.00. The van der Waals surface area contributed by atoms with Crippen LogP contribution in [0, 0.1) is 0 Å². The Morgan fingerprint density at radius 2 is 2.06 bits per heavy atom. The van der Waals surface area contributed by atoms with Crippen LogP contribution in [0.4, 0.5) is 0 Å². The third kappa shape index (κ3) is 1.62. The van der Waals surface area contributed by atoms with Crippen LogP contribution in [0.1, 0.15) is 19.7 Å². The van der Waals surface area contributed by atoms with Gasteiger partial charge in [-0.3, -0.25) is 0 Å². The van der Waals surface area contributed by atoms with Crippen molar-refractivity contribution in [3.63, 3.8) is 0 Å². The molecule has 1 aromatic carbocycles. The third-order valence-corrected chi connectivity index (χ3v) is 3.15. The molecule has 1 aromatic heterocycles. The van der Waals surface area contributed by atoms with E-state index in [1.165, 1.54) is 11.0 Å². The van der Waals surface area contributed by atoms with Gasteiger partial charge in [0.15, 0.2) is 11.0 Å². The van der Waals surface area contributed by atoms with Crippen LogP contribution < -0.4 is 4.57 Å². The molecule has 1 heterocycles. The minimum Gasteiger partial charge on any atom is -0.421 e. The first-order chi connectivity index (χ1) is 7.70. The molecule has 0 aliphatic heterocycles. The fourth-order valence-corrected chi connectivity index (χ4v) is 2.60. The number of benzene rings is 1. The van der Waals surface area contributed by atoms with E-state index >= 15 is 0 Å². The SMILES string of the molecule is CCn1c(C(=S)[S-])[n+](CC)c2ccccc21. The summed E-state index contributed by atoms with van der Waals surface area (Å²) in [5.74, 6) is 0.983. The van der Waals surface area contributed by atoms with Crippen LogP contribution in [-0.4, -0.2) is 8.76 Å². The Kier molecular flexibility index (Phi) is 3.21. The maximum atomic E-state index is 5.18. The first kappa shape index (κ1) is 11.5. The van der Waals surface area contributed by atoms with Crippen molar-refractivity contribution in [3.8, 4) is 0 Å². The van der Waals surface area contributed by atoms with Crippen molar-refractivity contribution in [3.05, 3.63) is 30.1 Å². The second kappa shape index (κ2) is 4.47. The van der Waals surface area contributed by atoms with E-state index in [1.54, 1.807) is 0 Å². The van der Waals surface area contributed by atoms with Gasteiger partial charge in [-0.1, -0.05) is 12.1 Å². The number of hydrogen-bond acceptors (Lipinski definition) is 2. The second-order valence-corrected chi connectivity index (χ2v) is 4.66. The molecule has 0 amide bonds. The van der Waals surface area contributed by atoms with Gasteiger partial charge in [0.1, 0.15) is 0 Å². The molecule has 0 unspecified atom stereocenters. The van der Waals surface area contributed by atoms with Crippen molar-refractivity contribution in [2.24, 2.45) is 0 Å². The Morgan fingerprint density at radius 3 is 2.62 bits per heavy atom. The van der Waals surface area contributed by atoms with Gasteiger partial charge in [0.2, 0.25) is 0 Å². The molecule has 0 radical (unpaired) electrons. The maximum Gasteiger partial charge on any atom is 0.269 e. The number of thiocarbonyl (C=S) groups is 1. The Balaban J connectivity index is 2.89. The van der Waals surface area contributed by atoms with Gasteiger partial charge in [-0.05, 0) is 30.2 Å². The molecule has 2 rings (SSSR count). The van der Waals surface area contributed by atoms with E-state index in [0.717, 1.165) is 18.9 Å². The predicted molar refractivity (Wildman–Crippen MR) is 72.5 cm³/mol. The fraction of sp³-hybridized carbons (Fsp3) is 0.333. The van der Waals surface area contributed by atoms with Crippen LogP contribution in [0.15, 0.2) is 24.3 Å². The van der Waals surface area contributed by atoms with Crippen LogP contribution in [-0.2, 0) is 25.7 Å². The number of nitrogens with zero attached hydrogens (tertiary/aromatic N) is 2. The molecule has 0 N–H and O–H groups in total. The van der Waals surface area contributed by atoms with E-state index in [4.69, 9.17) is 24.8 Å². The molecule has 0 spiro atoms. The van der Waals surface area contributed by atoms with Crippen molar-refractivity contribution in [2.75, 3.05) is 0 Å². The van der Waals surface area contributed by atoms with Crippen LogP contribution in [0.5, 0.6) is 0 Å². The Labute approximate surface area is 106 Å². The number of fused-ring (bicyclic) bond motifs is 1. The van der Waals surface area contributed by atoms with Gasteiger partial charge in [-0.25, -0.2) is 9.13 Å². The van der Waals surface area contributed by atoms with Gasteiger partial charge in [0.05, 0.1) is 13.1 Å². The summed E-state index contributed by atoms with van der Waals surface area (Å²) in [6.07, 6.45) is 0. The zero-order valence-electron chi connectivity index (χ0n) is 9.43. The molecule has 0 aliphatic rings. The van der Waals surface area contributed by atoms with Crippen molar-refractivity contribution in [1.29, 1.82) is 0 Å². The minimum atomic E-state index is 0.542. The highest BCUT2D eigenvalue weighted by molar-refractivity contribution is 8.01. The molecule has 0 bridgehead atoms. The standard InChI is InChI=1S/C12H14N2S2/c1-3-13-9-7-5-6-8-10(9)14(4-2)11(13)12(15)16/h5-8H,3-4H2,1-2H3. The normalized spacial score (nSPS) is 10.9. The second-order valence-electron chi connectivity index (χ2n) is 3.59. The van der Waals surface area contributed by atoms with Crippen LogP contribution >= 0.6 is 12.2 Å². The number of aryl methyl sites for hydroxylation is 2. The molecule has 2 aromatic rings. The molecule has 0 saturated heterocycles. The van der Waals surface area contributed by atoms with Gasteiger partial charge < -0.3 is 24.8 Å². The average molecular weight is 250 g/mol. The summed E-state index contributed by atoms with van der Waals surface area (Å²) >= 11 is 10.4. The van der Waals surface area contributed by atoms with Crippen molar-refractivity contribution in [2.45, 2.75) is 26.9 Å². The average Bonchev–Trinajstić information content (AvgIpc) is 2.62. The van der Waals surface area contributed by atoms with Gasteiger partial charge in [0, 0.05) is 0 Å². The van der Waals surface area contributed by atoms with Crippen LogP contribution in [0.3, 0.4) is 0 Å². The molecular weight excluding hydrogens is 236 g/mol. The largest absolute Gasteiger partial charge is 0.421 e. The lowest BCUT2D eigenvalue weighted by Gasteiger charge is -2.04. The fourth-order valence-electron chi connectivity index (χ4n) is 2.16. The first-order valence-electron chi connectivity index (χ1n) is 5.43. The molecule has 4 heteroatoms. The summed E-state index contributed by atoms with van der Waals surface area (Å²) in [5, 5.41) is 0. The van der Waals surface area contributed by atoms with Crippen molar-refractivity contribution in [1.82, 2.24) is 4.57 Å². The van der Waals surface area contributed by atoms with Gasteiger partial charge in [-0.2, -0.15) is 0 Å². The van der Waals surface area contributed by atoms with E-state index in [9.17, 15) is 0 Å². The number of aromatic nitrogens is 2. The van der Waals surface area contributed by atoms with Crippen molar-refractivity contribution >= 4 is 40.1 Å². The maximum absolute atomic E-state index is 5.18. The monoisotopic (exact) mass is 250 g/mol. The van der Waals surface area contributed by atoms with E-state index in [2.05, 4.69) is 35.1 Å². The predicted octanol–water partition coefficient (Wildman–Crippen LogP) is 2.19. The number of hydrogen-bond donors (Lipinski definition) is 0. The molecular formula is C12H14N2S2. The lowest BCUT2D eigenvalue weighted by atomic mass is 10.3. The Morgan fingerprint density at radius 1 is 1.38 bits per heavy atom. The Bertz CT molecular complexity index is 502. The van der Waals surface area contributed by atoms with Crippen molar-refractivity contribution < 1.29 is 4.57 Å². The van der Waals surface area contributed by atoms with Crippen LogP contribution in [0.25, 0.3) is 11.0 Å². The van der Waals surface area contributed by atoms with E-state index in [-0.39, 0.29) is 0 Å². The molecule has 16 heavy (non-hydrogen) atoms. The van der Waals surface area contributed by atoms with E-state index in [1.807, 2.05) is 12.1 Å². The summed E-state index contributed by atoms with van der Waals surface area (Å²) in [4.78, 5) is 0. The summed E-state index contributed by atoms with van der Waals surface area (Å²) in [7, 11) is 0. The zero-order chi connectivity index (χ0) is 11.7. The minimum absolute atomic E-state index is 0.542. The highest BCUT2D eigenvalue weighted by atomic mass is 32.1. The zero-order valence-corrected chi connectivity index (χ0v) is 11.1. The first-order valence-corrected chi connectivity index (χ1v) is 6.24. The molecule has 2 nitrogen and oxygen atoms in total. The number of para-hydroxylation sites is 2. The molecule has 0 atom stereocenters. The smallest absolute Gasteiger partial charge is 0.269 e. The van der Waals surface area contributed by atoms with Gasteiger partial charge >= 0.3 is 0 Å². The lowest BCUT2D eigenvalue weighted by Crippen LogP contribution is -2.38. The summed E-state index contributed by atoms with van der Waals surface area (Å²) in [6.45, 7) is 6.01. The topological polar surface area (TPSA) is 8.81 Å². The van der Waals surface area contributed by atoms with Gasteiger partial charge in [0.25, 0.3) is 5.82 Å². The summed E-state index contributed by atoms with van der Waals surface area (Å²) in [5.41, 5.74) is 2.41. The highest BCUT2D eigenvalue weighted by Crippen LogP contribution is 2.14. The van der Waals surface area contributed by atoms with E-state index < -0.39 is 0 Å². The lowest BCUT2D eigenvalue weighted by molar-refractivity contribution is -0.669. The number of imidazole rings is 1. The molecule has 0 fully saturated rings. The van der Waals surface area contributed by atoms with Gasteiger partial charge in [-0.15, -0.1) is 0 Å². The third-order valence-electron chi connectivity index (χ3n) is 2.79.